The first-order valence-electron chi connectivity index (χ1n) is 8.94. The minimum Gasteiger partial charge on any atom is -0.489 e. The van der Waals surface area contributed by atoms with E-state index in [0.717, 1.165) is 42.6 Å². The molecular weight excluding hydrogens is 324 g/mol. The Hall–Kier alpha value is -3.06. The third kappa shape index (κ3) is 4.97. The van der Waals surface area contributed by atoms with Crippen LogP contribution < -0.4 is 10.1 Å². The lowest BCUT2D eigenvalue weighted by Crippen LogP contribution is -2.33. The van der Waals surface area contributed by atoms with Crippen LogP contribution in [0.4, 0.5) is 0 Å². The lowest BCUT2D eigenvalue weighted by molar-refractivity contribution is -0.117. The van der Waals surface area contributed by atoms with Crippen molar-refractivity contribution in [2.24, 2.45) is 0 Å². The van der Waals surface area contributed by atoms with Crippen LogP contribution >= 0.6 is 0 Å². The van der Waals surface area contributed by atoms with Crippen LogP contribution in [0, 0.1) is 11.3 Å². The van der Waals surface area contributed by atoms with Crippen molar-refractivity contribution < 1.29 is 9.53 Å². The summed E-state index contributed by atoms with van der Waals surface area (Å²) in [6.45, 7) is 0.503. The molecule has 1 N–H and O–H groups in total. The number of rotatable bonds is 6. The lowest BCUT2D eigenvalue weighted by Gasteiger charge is -2.11. The first-order valence-corrected chi connectivity index (χ1v) is 8.94. The lowest BCUT2D eigenvalue weighted by atomic mass is 10.1. The van der Waals surface area contributed by atoms with Crippen molar-refractivity contribution >= 4 is 12.0 Å². The molecule has 0 aromatic heterocycles. The highest BCUT2D eigenvalue weighted by Crippen LogP contribution is 2.19. The van der Waals surface area contributed by atoms with Gasteiger partial charge in [-0.15, -0.1) is 0 Å². The molecule has 26 heavy (non-hydrogen) atoms. The molecule has 4 heteroatoms. The van der Waals surface area contributed by atoms with Crippen LogP contribution in [0.5, 0.6) is 5.75 Å². The molecule has 2 aromatic carbocycles. The Morgan fingerprint density at radius 3 is 2.46 bits per heavy atom. The summed E-state index contributed by atoms with van der Waals surface area (Å²) in [6.07, 6.45) is 5.89. The van der Waals surface area contributed by atoms with Crippen molar-refractivity contribution in [3.05, 3.63) is 71.3 Å². The average molecular weight is 346 g/mol. The number of amides is 1. The summed E-state index contributed by atoms with van der Waals surface area (Å²) in [5.74, 6) is 0.462. The molecule has 0 aliphatic heterocycles. The standard InChI is InChI=1S/C22H22N2O2/c23-15-19(22(25)24-20-8-4-5-9-20)14-17-10-12-21(13-11-17)26-16-18-6-2-1-3-7-18/h1-3,6-7,10-14,20H,4-5,8-9,16H2,(H,24,25). The molecule has 0 unspecified atom stereocenters. The first kappa shape index (κ1) is 17.8. The Labute approximate surface area is 154 Å². The zero-order valence-electron chi connectivity index (χ0n) is 14.7. The highest BCUT2D eigenvalue weighted by molar-refractivity contribution is 6.01. The molecule has 1 aliphatic carbocycles. The molecule has 0 heterocycles. The average Bonchev–Trinajstić information content (AvgIpc) is 3.19. The molecule has 1 saturated carbocycles. The SMILES string of the molecule is N#CC(=Cc1ccc(OCc2ccccc2)cc1)C(=O)NC1CCCC1. The largest absolute Gasteiger partial charge is 0.489 e. The number of hydrogen-bond acceptors (Lipinski definition) is 3. The van der Waals surface area contributed by atoms with Crippen molar-refractivity contribution in [2.45, 2.75) is 38.3 Å². The fraction of sp³-hybridized carbons (Fsp3) is 0.273. The smallest absolute Gasteiger partial charge is 0.262 e. The van der Waals surface area contributed by atoms with Gasteiger partial charge in [-0.25, -0.2) is 0 Å². The zero-order valence-corrected chi connectivity index (χ0v) is 14.7. The van der Waals surface area contributed by atoms with E-state index in [2.05, 4.69) is 5.32 Å². The number of carbonyl (C=O) groups is 1. The van der Waals surface area contributed by atoms with Crippen LogP contribution in [0.1, 0.15) is 36.8 Å². The van der Waals surface area contributed by atoms with Gasteiger partial charge in [-0.1, -0.05) is 55.3 Å². The van der Waals surface area contributed by atoms with E-state index in [-0.39, 0.29) is 17.5 Å². The summed E-state index contributed by atoms with van der Waals surface area (Å²) in [4.78, 5) is 12.2. The summed E-state index contributed by atoms with van der Waals surface area (Å²) in [5, 5.41) is 12.2. The van der Waals surface area contributed by atoms with Gasteiger partial charge in [-0.2, -0.15) is 5.26 Å². The fourth-order valence-corrected chi connectivity index (χ4v) is 3.05. The molecule has 1 amide bonds. The Morgan fingerprint density at radius 1 is 1.12 bits per heavy atom. The number of hydrogen-bond donors (Lipinski definition) is 1. The summed E-state index contributed by atoms with van der Waals surface area (Å²) in [6, 6.07) is 19.5. The van der Waals surface area contributed by atoms with Crippen molar-refractivity contribution in [1.29, 1.82) is 5.26 Å². The molecule has 1 fully saturated rings. The highest BCUT2D eigenvalue weighted by atomic mass is 16.5. The molecule has 3 rings (SSSR count). The molecule has 0 bridgehead atoms. The van der Waals surface area contributed by atoms with Crippen LogP contribution in [0.3, 0.4) is 0 Å². The van der Waals surface area contributed by atoms with Crippen LogP contribution in [0.25, 0.3) is 6.08 Å². The molecule has 0 radical (unpaired) electrons. The van der Waals surface area contributed by atoms with Crippen LogP contribution in [-0.4, -0.2) is 11.9 Å². The maximum Gasteiger partial charge on any atom is 0.262 e. The van der Waals surface area contributed by atoms with Gasteiger partial charge in [0.15, 0.2) is 0 Å². The second kappa shape index (κ2) is 8.87. The summed E-state index contributed by atoms with van der Waals surface area (Å²) >= 11 is 0. The van der Waals surface area contributed by atoms with E-state index < -0.39 is 0 Å². The fourth-order valence-electron chi connectivity index (χ4n) is 3.05. The van der Waals surface area contributed by atoms with Crippen LogP contribution in [-0.2, 0) is 11.4 Å². The minimum absolute atomic E-state index is 0.134. The van der Waals surface area contributed by atoms with Gasteiger partial charge in [0.2, 0.25) is 0 Å². The van der Waals surface area contributed by atoms with E-state index in [9.17, 15) is 10.1 Å². The second-order valence-electron chi connectivity index (χ2n) is 6.47. The third-order valence-corrected chi connectivity index (χ3v) is 4.49. The van der Waals surface area contributed by atoms with Crippen molar-refractivity contribution in [3.63, 3.8) is 0 Å². The summed E-state index contributed by atoms with van der Waals surface area (Å²) < 4.78 is 5.75. The number of carbonyl (C=O) groups excluding carboxylic acids is 1. The minimum atomic E-state index is -0.288. The van der Waals surface area contributed by atoms with Gasteiger partial charge in [-0.3, -0.25) is 4.79 Å². The highest BCUT2D eigenvalue weighted by Gasteiger charge is 2.19. The summed E-state index contributed by atoms with van der Waals surface area (Å²) in [7, 11) is 0. The zero-order chi connectivity index (χ0) is 18.2. The van der Waals surface area contributed by atoms with Gasteiger partial charge in [0.25, 0.3) is 5.91 Å². The van der Waals surface area contributed by atoms with E-state index in [1.54, 1.807) is 6.08 Å². The molecule has 4 nitrogen and oxygen atoms in total. The van der Waals surface area contributed by atoms with Crippen molar-refractivity contribution in [3.8, 4) is 11.8 Å². The number of ether oxygens (including phenoxy) is 1. The summed E-state index contributed by atoms with van der Waals surface area (Å²) in [5.41, 5.74) is 2.04. The maximum absolute atomic E-state index is 12.2. The monoisotopic (exact) mass is 346 g/mol. The van der Waals surface area contributed by atoms with Gasteiger partial charge in [0.1, 0.15) is 24.0 Å². The van der Waals surface area contributed by atoms with E-state index in [0.29, 0.717) is 6.61 Å². The molecule has 2 aromatic rings. The Bertz CT molecular complexity index is 798. The second-order valence-corrected chi connectivity index (χ2v) is 6.47. The van der Waals surface area contributed by atoms with Gasteiger partial charge >= 0.3 is 0 Å². The van der Waals surface area contributed by atoms with E-state index >= 15 is 0 Å². The van der Waals surface area contributed by atoms with Crippen LogP contribution in [0.2, 0.25) is 0 Å². The van der Waals surface area contributed by atoms with Crippen molar-refractivity contribution in [1.82, 2.24) is 5.32 Å². The number of nitrogens with zero attached hydrogens (tertiary/aromatic N) is 1. The van der Waals surface area contributed by atoms with Crippen molar-refractivity contribution in [2.75, 3.05) is 0 Å². The van der Waals surface area contributed by atoms with Gasteiger partial charge in [0.05, 0.1) is 0 Å². The molecule has 1 aliphatic rings. The Morgan fingerprint density at radius 2 is 1.81 bits per heavy atom. The molecular formula is C22H22N2O2. The predicted molar refractivity (Wildman–Crippen MR) is 101 cm³/mol. The topological polar surface area (TPSA) is 62.1 Å². The molecule has 132 valence electrons. The first-order chi connectivity index (χ1) is 12.7. The molecule has 0 saturated heterocycles. The van der Waals surface area contributed by atoms with Gasteiger partial charge in [-0.05, 0) is 42.2 Å². The van der Waals surface area contributed by atoms with E-state index in [1.165, 1.54) is 0 Å². The van der Waals surface area contributed by atoms with E-state index in [4.69, 9.17) is 4.74 Å². The normalized spacial score (nSPS) is 14.7. The quantitative estimate of drug-likeness (QED) is 0.629. The van der Waals surface area contributed by atoms with Gasteiger partial charge < -0.3 is 10.1 Å². The maximum atomic E-state index is 12.2. The van der Waals surface area contributed by atoms with E-state index in [1.807, 2.05) is 60.7 Å². The number of nitriles is 1. The number of benzene rings is 2. The Balaban J connectivity index is 1.60. The van der Waals surface area contributed by atoms with Crippen LogP contribution in [0.15, 0.2) is 60.2 Å². The molecule has 0 spiro atoms. The predicted octanol–water partition coefficient (Wildman–Crippen LogP) is 4.23. The molecule has 0 atom stereocenters. The third-order valence-electron chi connectivity index (χ3n) is 4.49. The number of nitrogens with one attached hydrogen (secondary N) is 1. The Kier molecular flexibility index (Phi) is 6.05. The van der Waals surface area contributed by atoms with Gasteiger partial charge in [0, 0.05) is 6.04 Å².